The van der Waals surface area contributed by atoms with Gasteiger partial charge in [0.2, 0.25) is 5.95 Å². The molecule has 0 spiro atoms. The fourth-order valence-corrected chi connectivity index (χ4v) is 2.08. The van der Waals surface area contributed by atoms with Crippen LogP contribution in [0.1, 0.15) is 31.5 Å². The number of hydrogen-bond acceptors (Lipinski definition) is 5. The van der Waals surface area contributed by atoms with Crippen LogP contribution in [-0.2, 0) is 6.54 Å². The maximum Gasteiger partial charge on any atom is 0.225 e. The molecule has 1 unspecified atom stereocenters. The van der Waals surface area contributed by atoms with Gasteiger partial charge in [0.25, 0.3) is 0 Å². The second kappa shape index (κ2) is 7.64. The molecule has 1 aromatic heterocycles. The number of benzene rings is 1. The molecule has 0 bridgehead atoms. The van der Waals surface area contributed by atoms with Gasteiger partial charge in [0.15, 0.2) is 0 Å². The molecule has 2 rings (SSSR count). The van der Waals surface area contributed by atoms with Gasteiger partial charge in [0, 0.05) is 29.9 Å². The number of aromatic nitrogens is 2. The molecule has 0 aliphatic heterocycles. The van der Waals surface area contributed by atoms with Crippen molar-refractivity contribution in [3.8, 4) is 5.75 Å². The van der Waals surface area contributed by atoms with Crippen LogP contribution in [0.4, 0.5) is 11.8 Å². The van der Waals surface area contributed by atoms with E-state index in [-0.39, 0.29) is 0 Å². The van der Waals surface area contributed by atoms with Gasteiger partial charge in [-0.25, -0.2) is 4.98 Å². The maximum atomic E-state index is 5.36. The summed E-state index contributed by atoms with van der Waals surface area (Å²) in [6.45, 7) is 6.88. The van der Waals surface area contributed by atoms with Crippen LogP contribution in [0.3, 0.4) is 0 Å². The van der Waals surface area contributed by atoms with E-state index in [0.29, 0.717) is 18.5 Å². The largest absolute Gasteiger partial charge is 0.496 e. The van der Waals surface area contributed by atoms with Crippen molar-refractivity contribution in [3.63, 3.8) is 0 Å². The Balaban J connectivity index is 2.09. The summed E-state index contributed by atoms with van der Waals surface area (Å²) in [5.74, 6) is 2.35. The van der Waals surface area contributed by atoms with Crippen molar-refractivity contribution in [2.75, 3.05) is 17.7 Å². The zero-order valence-corrected chi connectivity index (χ0v) is 13.7. The molecular formula is C17H24N4O. The van der Waals surface area contributed by atoms with Crippen LogP contribution in [0.2, 0.25) is 0 Å². The van der Waals surface area contributed by atoms with Gasteiger partial charge in [-0.3, -0.25) is 0 Å². The molecule has 5 heteroatoms. The van der Waals surface area contributed by atoms with Crippen LogP contribution < -0.4 is 15.4 Å². The van der Waals surface area contributed by atoms with Crippen molar-refractivity contribution in [2.24, 2.45) is 0 Å². The summed E-state index contributed by atoms with van der Waals surface area (Å²) in [4.78, 5) is 8.94. The Hall–Kier alpha value is -2.30. The minimum absolute atomic E-state index is 0.351. The van der Waals surface area contributed by atoms with Gasteiger partial charge < -0.3 is 15.4 Å². The summed E-state index contributed by atoms with van der Waals surface area (Å²) in [5.41, 5.74) is 2.03. The third kappa shape index (κ3) is 4.35. The van der Waals surface area contributed by atoms with E-state index >= 15 is 0 Å². The van der Waals surface area contributed by atoms with Gasteiger partial charge in [-0.1, -0.05) is 25.1 Å². The van der Waals surface area contributed by atoms with Gasteiger partial charge in [-0.2, -0.15) is 4.98 Å². The average molecular weight is 300 g/mol. The van der Waals surface area contributed by atoms with Crippen molar-refractivity contribution >= 4 is 11.8 Å². The average Bonchev–Trinajstić information content (AvgIpc) is 2.52. The Morgan fingerprint density at radius 2 is 2.00 bits per heavy atom. The van der Waals surface area contributed by atoms with Crippen molar-refractivity contribution < 1.29 is 4.74 Å². The van der Waals surface area contributed by atoms with E-state index in [1.54, 1.807) is 7.11 Å². The molecule has 1 heterocycles. The summed E-state index contributed by atoms with van der Waals surface area (Å²) in [6.07, 6.45) is 1.03. The summed E-state index contributed by atoms with van der Waals surface area (Å²) in [5, 5.41) is 6.64. The Bertz CT molecular complexity index is 615. The zero-order valence-electron chi connectivity index (χ0n) is 13.7. The topological polar surface area (TPSA) is 59.1 Å². The highest BCUT2D eigenvalue weighted by molar-refractivity contribution is 5.44. The molecule has 0 fully saturated rings. The smallest absolute Gasteiger partial charge is 0.225 e. The third-order valence-electron chi connectivity index (χ3n) is 3.49. The van der Waals surface area contributed by atoms with Crippen molar-refractivity contribution in [2.45, 2.75) is 39.8 Å². The molecule has 2 aromatic rings. The van der Waals surface area contributed by atoms with Crippen LogP contribution >= 0.6 is 0 Å². The predicted octanol–water partition coefficient (Wildman–Crippen LogP) is 3.62. The van der Waals surface area contributed by atoms with Crippen molar-refractivity contribution in [1.82, 2.24) is 9.97 Å². The SMILES string of the molecule is CCC(C)Nc1nc(C)cc(NCc2ccccc2OC)n1. The molecule has 0 amide bonds. The lowest BCUT2D eigenvalue weighted by molar-refractivity contribution is 0.410. The van der Waals surface area contributed by atoms with Gasteiger partial charge in [-0.15, -0.1) is 0 Å². The van der Waals surface area contributed by atoms with E-state index in [9.17, 15) is 0 Å². The van der Waals surface area contributed by atoms with E-state index in [1.165, 1.54) is 0 Å². The molecule has 0 radical (unpaired) electrons. The first-order valence-electron chi connectivity index (χ1n) is 7.60. The Morgan fingerprint density at radius 3 is 2.73 bits per heavy atom. The number of nitrogens with one attached hydrogen (secondary N) is 2. The Kier molecular flexibility index (Phi) is 5.58. The quantitative estimate of drug-likeness (QED) is 0.818. The number of nitrogens with zero attached hydrogens (tertiary/aromatic N) is 2. The minimum Gasteiger partial charge on any atom is -0.496 e. The minimum atomic E-state index is 0.351. The van der Waals surface area contributed by atoms with E-state index in [1.807, 2.05) is 37.3 Å². The molecule has 0 saturated carbocycles. The highest BCUT2D eigenvalue weighted by atomic mass is 16.5. The summed E-state index contributed by atoms with van der Waals surface area (Å²) in [7, 11) is 1.68. The first-order valence-corrected chi connectivity index (χ1v) is 7.60. The van der Waals surface area contributed by atoms with E-state index in [2.05, 4.69) is 34.4 Å². The number of hydrogen-bond donors (Lipinski definition) is 2. The number of para-hydroxylation sites is 1. The van der Waals surface area contributed by atoms with E-state index in [0.717, 1.165) is 29.2 Å². The molecule has 0 aliphatic carbocycles. The molecule has 1 aromatic carbocycles. The van der Waals surface area contributed by atoms with Gasteiger partial charge in [0.1, 0.15) is 11.6 Å². The Labute approximate surface area is 132 Å². The lowest BCUT2D eigenvalue weighted by Gasteiger charge is -2.14. The molecule has 118 valence electrons. The molecule has 2 N–H and O–H groups in total. The fraction of sp³-hybridized carbons (Fsp3) is 0.412. The molecule has 0 aliphatic rings. The van der Waals surface area contributed by atoms with Crippen LogP contribution in [0.25, 0.3) is 0 Å². The standard InChI is InChI=1S/C17H24N4O/c1-5-12(2)19-17-20-13(3)10-16(21-17)18-11-14-8-6-7-9-15(14)22-4/h6-10,12H,5,11H2,1-4H3,(H2,18,19,20,21). The summed E-state index contributed by atoms with van der Waals surface area (Å²) in [6, 6.07) is 10.3. The lowest BCUT2D eigenvalue weighted by Crippen LogP contribution is -2.16. The van der Waals surface area contributed by atoms with Crippen LogP contribution in [0, 0.1) is 6.92 Å². The zero-order chi connectivity index (χ0) is 15.9. The highest BCUT2D eigenvalue weighted by Gasteiger charge is 2.06. The number of anilines is 2. The Morgan fingerprint density at radius 1 is 1.23 bits per heavy atom. The maximum absolute atomic E-state index is 5.36. The van der Waals surface area contributed by atoms with Crippen molar-refractivity contribution in [1.29, 1.82) is 0 Å². The van der Waals surface area contributed by atoms with Crippen LogP contribution in [-0.4, -0.2) is 23.1 Å². The number of rotatable bonds is 7. The van der Waals surface area contributed by atoms with E-state index < -0.39 is 0 Å². The van der Waals surface area contributed by atoms with Crippen molar-refractivity contribution in [3.05, 3.63) is 41.6 Å². The second-order valence-corrected chi connectivity index (χ2v) is 5.34. The van der Waals surface area contributed by atoms with Gasteiger partial charge in [-0.05, 0) is 26.3 Å². The molecule has 5 nitrogen and oxygen atoms in total. The molecule has 22 heavy (non-hydrogen) atoms. The fourth-order valence-electron chi connectivity index (χ4n) is 2.08. The lowest BCUT2D eigenvalue weighted by atomic mass is 10.2. The first-order chi connectivity index (χ1) is 10.6. The molecule has 0 saturated heterocycles. The van der Waals surface area contributed by atoms with Gasteiger partial charge in [0.05, 0.1) is 7.11 Å². The predicted molar refractivity (Wildman–Crippen MR) is 90.5 cm³/mol. The monoisotopic (exact) mass is 300 g/mol. The third-order valence-corrected chi connectivity index (χ3v) is 3.49. The highest BCUT2D eigenvalue weighted by Crippen LogP contribution is 2.19. The summed E-state index contributed by atoms with van der Waals surface area (Å²) >= 11 is 0. The first kappa shape index (κ1) is 16.1. The van der Waals surface area contributed by atoms with E-state index in [4.69, 9.17) is 4.74 Å². The molecular weight excluding hydrogens is 276 g/mol. The summed E-state index contributed by atoms with van der Waals surface area (Å²) < 4.78 is 5.36. The number of ether oxygens (including phenoxy) is 1. The second-order valence-electron chi connectivity index (χ2n) is 5.34. The molecule has 1 atom stereocenters. The number of aryl methyl sites for hydroxylation is 1. The van der Waals surface area contributed by atoms with Crippen LogP contribution in [0.5, 0.6) is 5.75 Å². The van der Waals surface area contributed by atoms with Gasteiger partial charge >= 0.3 is 0 Å². The van der Waals surface area contributed by atoms with Crippen LogP contribution in [0.15, 0.2) is 30.3 Å². The number of methoxy groups -OCH3 is 1. The normalized spacial score (nSPS) is 11.8.